The minimum atomic E-state index is -0.290. The Hall–Kier alpha value is -1.21. The van der Waals surface area contributed by atoms with Crippen molar-refractivity contribution in [3.63, 3.8) is 0 Å². The second-order valence-corrected chi connectivity index (χ2v) is 7.74. The molecular formula is C23H35ClO. The van der Waals surface area contributed by atoms with Gasteiger partial charge in [0.25, 0.3) is 0 Å². The van der Waals surface area contributed by atoms with E-state index in [1.807, 2.05) is 12.1 Å². The zero-order valence-corrected chi connectivity index (χ0v) is 17.7. The highest BCUT2D eigenvalue weighted by Crippen LogP contribution is 2.39. The molecular weight excluding hydrogens is 328 g/mol. The van der Waals surface area contributed by atoms with Crippen LogP contribution < -0.4 is 4.74 Å². The lowest BCUT2D eigenvalue weighted by molar-refractivity contribution is 0.0846. The van der Waals surface area contributed by atoms with Gasteiger partial charge in [0.1, 0.15) is 11.4 Å². The summed E-state index contributed by atoms with van der Waals surface area (Å²) in [5.41, 5.74) is 3.38. The standard InChI is InChI=1S/C23H35ClO/c1-8-13-23(14-9-2,17(4)5)25-22-12-11-20(24)16-21(22)19(7)15-18(6)10-3/h10-12,16,19H,4,8-9,13-15H2,1-3,5-7H3/b18-10+. The van der Waals surface area contributed by atoms with Crippen LogP contribution in [0.3, 0.4) is 0 Å². The summed E-state index contributed by atoms with van der Waals surface area (Å²) in [6, 6.07) is 6.02. The van der Waals surface area contributed by atoms with Crippen LogP contribution in [-0.4, -0.2) is 5.60 Å². The van der Waals surface area contributed by atoms with E-state index in [0.717, 1.165) is 48.4 Å². The number of benzene rings is 1. The Morgan fingerprint density at radius 2 is 1.84 bits per heavy atom. The lowest BCUT2D eigenvalue weighted by atomic mass is 9.85. The van der Waals surface area contributed by atoms with Crippen molar-refractivity contribution >= 4 is 11.6 Å². The maximum absolute atomic E-state index is 6.69. The highest BCUT2D eigenvalue weighted by molar-refractivity contribution is 6.30. The zero-order chi connectivity index (χ0) is 19.0. The van der Waals surface area contributed by atoms with Crippen LogP contribution in [0.25, 0.3) is 0 Å². The van der Waals surface area contributed by atoms with E-state index in [4.69, 9.17) is 16.3 Å². The molecule has 0 spiro atoms. The van der Waals surface area contributed by atoms with Crippen LogP contribution in [0, 0.1) is 0 Å². The molecule has 0 aliphatic heterocycles. The molecule has 0 saturated heterocycles. The Bertz CT molecular complexity index is 594. The van der Waals surface area contributed by atoms with Gasteiger partial charge in [-0.2, -0.15) is 0 Å². The fraction of sp³-hybridized carbons (Fsp3) is 0.565. The summed E-state index contributed by atoms with van der Waals surface area (Å²) in [7, 11) is 0. The monoisotopic (exact) mass is 362 g/mol. The molecule has 0 fully saturated rings. The van der Waals surface area contributed by atoms with Crippen molar-refractivity contribution < 1.29 is 4.74 Å². The van der Waals surface area contributed by atoms with Crippen LogP contribution in [0.15, 0.2) is 42.0 Å². The van der Waals surface area contributed by atoms with Crippen molar-refractivity contribution in [2.24, 2.45) is 0 Å². The van der Waals surface area contributed by atoms with Crippen molar-refractivity contribution in [1.29, 1.82) is 0 Å². The third kappa shape index (κ3) is 5.92. The molecule has 0 aliphatic carbocycles. The van der Waals surface area contributed by atoms with Gasteiger partial charge in [0.05, 0.1) is 0 Å². The SMILES string of the molecule is C=C(C)C(CCC)(CCC)Oc1ccc(Cl)cc1C(C)C/C(C)=C/C. The molecule has 0 amide bonds. The second-order valence-electron chi connectivity index (χ2n) is 7.30. The van der Waals surface area contributed by atoms with Gasteiger partial charge in [-0.05, 0) is 75.3 Å². The third-order valence-corrected chi connectivity index (χ3v) is 5.25. The molecule has 140 valence electrons. The molecule has 0 bridgehead atoms. The summed E-state index contributed by atoms with van der Waals surface area (Å²) in [5, 5.41) is 0.763. The first-order valence-corrected chi connectivity index (χ1v) is 9.93. The summed E-state index contributed by atoms with van der Waals surface area (Å²) in [4.78, 5) is 0. The van der Waals surface area contributed by atoms with E-state index in [-0.39, 0.29) is 5.60 Å². The van der Waals surface area contributed by atoms with E-state index < -0.39 is 0 Å². The largest absolute Gasteiger partial charge is 0.483 e. The molecule has 0 radical (unpaired) electrons. The van der Waals surface area contributed by atoms with Gasteiger partial charge in [0.15, 0.2) is 0 Å². The van der Waals surface area contributed by atoms with Crippen LogP contribution in [0.5, 0.6) is 5.75 Å². The van der Waals surface area contributed by atoms with Crippen LogP contribution >= 0.6 is 11.6 Å². The molecule has 25 heavy (non-hydrogen) atoms. The van der Waals surface area contributed by atoms with E-state index in [1.165, 1.54) is 11.1 Å². The van der Waals surface area contributed by atoms with Crippen LogP contribution in [-0.2, 0) is 0 Å². The van der Waals surface area contributed by atoms with Crippen LogP contribution in [0.4, 0.5) is 0 Å². The van der Waals surface area contributed by atoms with E-state index in [0.29, 0.717) is 5.92 Å². The molecule has 1 rings (SSSR count). The first kappa shape index (κ1) is 21.8. The number of hydrogen-bond donors (Lipinski definition) is 0. The predicted octanol–water partition coefficient (Wildman–Crippen LogP) is 8.09. The Morgan fingerprint density at radius 1 is 1.24 bits per heavy atom. The van der Waals surface area contributed by atoms with Gasteiger partial charge in [-0.25, -0.2) is 0 Å². The van der Waals surface area contributed by atoms with Gasteiger partial charge in [0, 0.05) is 5.02 Å². The zero-order valence-electron chi connectivity index (χ0n) is 16.9. The lowest BCUT2D eigenvalue weighted by Crippen LogP contribution is -2.37. The summed E-state index contributed by atoms with van der Waals surface area (Å²) in [5.74, 6) is 1.31. The summed E-state index contributed by atoms with van der Waals surface area (Å²) in [6.07, 6.45) is 7.30. The quantitative estimate of drug-likeness (QED) is 0.382. The number of allylic oxidation sites excluding steroid dienone is 2. The summed E-state index contributed by atoms with van der Waals surface area (Å²) < 4.78 is 6.69. The fourth-order valence-corrected chi connectivity index (χ4v) is 3.65. The molecule has 0 N–H and O–H groups in total. The molecule has 1 nitrogen and oxygen atoms in total. The number of ether oxygens (including phenoxy) is 1. The van der Waals surface area contributed by atoms with Crippen molar-refractivity contribution in [2.75, 3.05) is 0 Å². The molecule has 1 unspecified atom stereocenters. The molecule has 2 heteroatoms. The van der Waals surface area contributed by atoms with Crippen molar-refractivity contribution in [1.82, 2.24) is 0 Å². The molecule has 1 atom stereocenters. The summed E-state index contributed by atoms with van der Waals surface area (Å²) >= 11 is 6.30. The Balaban J connectivity index is 3.28. The molecule has 0 aliphatic rings. The minimum absolute atomic E-state index is 0.290. The highest BCUT2D eigenvalue weighted by atomic mass is 35.5. The van der Waals surface area contributed by atoms with Gasteiger partial charge in [-0.1, -0.05) is 63.4 Å². The molecule has 0 saturated carbocycles. The lowest BCUT2D eigenvalue weighted by Gasteiger charge is -2.36. The summed E-state index contributed by atoms with van der Waals surface area (Å²) in [6.45, 7) is 17.3. The van der Waals surface area contributed by atoms with E-state index in [2.05, 4.69) is 60.3 Å². The molecule has 1 aromatic rings. The fourth-order valence-electron chi connectivity index (χ4n) is 3.47. The first-order valence-electron chi connectivity index (χ1n) is 9.55. The minimum Gasteiger partial charge on any atom is -0.483 e. The number of hydrogen-bond acceptors (Lipinski definition) is 1. The normalized spacial score (nSPS) is 13.6. The Morgan fingerprint density at radius 3 is 2.32 bits per heavy atom. The number of rotatable bonds is 10. The Labute approximate surface area is 160 Å². The van der Waals surface area contributed by atoms with Crippen molar-refractivity contribution in [2.45, 2.75) is 85.2 Å². The third-order valence-electron chi connectivity index (χ3n) is 5.01. The predicted molar refractivity (Wildman–Crippen MR) is 112 cm³/mol. The van der Waals surface area contributed by atoms with Crippen LogP contribution in [0.1, 0.15) is 85.1 Å². The van der Waals surface area contributed by atoms with E-state index in [9.17, 15) is 0 Å². The van der Waals surface area contributed by atoms with Crippen molar-refractivity contribution in [3.05, 3.63) is 52.6 Å². The second kappa shape index (κ2) is 10.1. The highest BCUT2D eigenvalue weighted by Gasteiger charge is 2.32. The Kier molecular flexibility index (Phi) is 8.79. The molecule has 0 heterocycles. The van der Waals surface area contributed by atoms with Gasteiger partial charge in [-0.15, -0.1) is 0 Å². The van der Waals surface area contributed by atoms with Crippen molar-refractivity contribution in [3.8, 4) is 5.75 Å². The van der Waals surface area contributed by atoms with Gasteiger partial charge < -0.3 is 4.74 Å². The number of halogens is 1. The van der Waals surface area contributed by atoms with Gasteiger partial charge in [-0.3, -0.25) is 0 Å². The maximum Gasteiger partial charge on any atom is 0.129 e. The van der Waals surface area contributed by atoms with E-state index >= 15 is 0 Å². The smallest absolute Gasteiger partial charge is 0.129 e. The average Bonchev–Trinajstić information content (AvgIpc) is 2.56. The molecule has 1 aromatic carbocycles. The topological polar surface area (TPSA) is 9.23 Å². The van der Waals surface area contributed by atoms with E-state index in [1.54, 1.807) is 0 Å². The maximum atomic E-state index is 6.69. The van der Waals surface area contributed by atoms with Gasteiger partial charge in [0.2, 0.25) is 0 Å². The first-order chi connectivity index (χ1) is 11.8. The molecule has 0 aromatic heterocycles. The van der Waals surface area contributed by atoms with Gasteiger partial charge >= 0.3 is 0 Å². The average molecular weight is 363 g/mol. The van der Waals surface area contributed by atoms with Crippen LogP contribution in [0.2, 0.25) is 5.02 Å².